The highest BCUT2D eigenvalue weighted by Crippen LogP contribution is 2.20. The van der Waals surface area contributed by atoms with E-state index in [0.717, 1.165) is 18.4 Å². The van der Waals surface area contributed by atoms with Gasteiger partial charge < -0.3 is 19.1 Å². The van der Waals surface area contributed by atoms with Crippen molar-refractivity contribution < 1.29 is 18.8 Å². The highest BCUT2D eigenvalue weighted by Gasteiger charge is 2.31. The number of aryl methyl sites for hydroxylation is 1. The molecule has 2 amide bonds. The summed E-state index contributed by atoms with van der Waals surface area (Å²) >= 11 is 5.89. The number of nitrogens with zero attached hydrogens (tertiary/aromatic N) is 4. The second-order valence-corrected chi connectivity index (χ2v) is 8.02. The molecule has 0 N–H and O–H groups in total. The van der Waals surface area contributed by atoms with Gasteiger partial charge in [0.05, 0.1) is 0 Å². The van der Waals surface area contributed by atoms with Crippen molar-refractivity contribution in [1.29, 1.82) is 0 Å². The fourth-order valence-electron chi connectivity index (χ4n) is 3.77. The standard InChI is InChI=1S/C21H25ClN4O4/c22-16-8-6-15(7-9-16)20-23-18(30-24-20)4-1-5-19(27)25-10-12-26(13-11-25)21(28)17-3-2-14-29-17/h6-9,17H,1-5,10-14H2. The molecule has 0 spiro atoms. The van der Waals surface area contributed by atoms with Crippen molar-refractivity contribution in [3.63, 3.8) is 0 Å². The van der Waals surface area contributed by atoms with Gasteiger partial charge in [0.1, 0.15) is 6.10 Å². The summed E-state index contributed by atoms with van der Waals surface area (Å²) in [5.41, 5.74) is 0.834. The quantitative estimate of drug-likeness (QED) is 0.697. The van der Waals surface area contributed by atoms with E-state index in [1.807, 2.05) is 21.9 Å². The van der Waals surface area contributed by atoms with Crippen molar-refractivity contribution in [2.45, 2.75) is 38.2 Å². The Hall–Kier alpha value is -2.45. The second kappa shape index (κ2) is 9.57. The Kier molecular flexibility index (Phi) is 6.64. The largest absolute Gasteiger partial charge is 0.368 e. The Balaban J connectivity index is 1.19. The summed E-state index contributed by atoms with van der Waals surface area (Å²) in [4.78, 5) is 32.9. The number of hydrogen-bond donors (Lipinski definition) is 0. The third kappa shape index (κ3) is 4.99. The van der Waals surface area contributed by atoms with E-state index < -0.39 is 0 Å². The van der Waals surface area contributed by atoms with E-state index in [-0.39, 0.29) is 17.9 Å². The average molecular weight is 433 g/mol. The molecule has 0 aliphatic carbocycles. The molecule has 0 bridgehead atoms. The van der Waals surface area contributed by atoms with Gasteiger partial charge in [-0.05, 0) is 43.5 Å². The zero-order valence-corrected chi connectivity index (χ0v) is 17.5. The van der Waals surface area contributed by atoms with Gasteiger partial charge in [-0.3, -0.25) is 9.59 Å². The van der Waals surface area contributed by atoms with Crippen LogP contribution in [0.15, 0.2) is 28.8 Å². The molecule has 1 aromatic carbocycles. The van der Waals surface area contributed by atoms with Gasteiger partial charge in [0.25, 0.3) is 5.91 Å². The Morgan fingerprint density at radius 2 is 1.83 bits per heavy atom. The van der Waals surface area contributed by atoms with E-state index in [1.54, 1.807) is 12.1 Å². The summed E-state index contributed by atoms with van der Waals surface area (Å²) in [7, 11) is 0. The number of piperazine rings is 1. The topological polar surface area (TPSA) is 88.8 Å². The third-order valence-corrected chi connectivity index (χ3v) is 5.75. The van der Waals surface area contributed by atoms with Crippen LogP contribution < -0.4 is 0 Å². The van der Waals surface area contributed by atoms with Gasteiger partial charge >= 0.3 is 0 Å². The molecule has 8 nitrogen and oxygen atoms in total. The van der Waals surface area contributed by atoms with Crippen molar-refractivity contribution >= 4 is 23.4 Å². The Morgan fingerprint density at radius 1 is 1.10 bits per heavy atom. The highest BCUT2D eigenvalue weighted by atomic mass is 35.5. The van der Waals surface area contributed by atoms with Gasteiger partial charge in [-0.1, -0.05) is 16.8 Å². The molecule has 0 radical (unpaired) electrons. The molecular formula is C21H25ClN4O4. The molecule has 160 valence electrons. The fraction of sp³-hybridized carbons (Fsp3) is 0.524. The zero-order valence-electron chi connectivity index (χ0n) is 16.8. The molecule has 2 fully saturated rings. The first-order valence-corrected chi connectivity index (χ1v) is 10.7. The van der Waals surface area contributed by atoms with Gasteiger partial charge in [0, 0.05) is 56.2 Å². The van der Waals surface area contributed by atoms with Gasteiger partial charge in [-0.15, -0.1) is 0 Å². The van der Waals surface area contributed by atoms with Crippen molar-refractivity contribution in [2.75, 3.05) is 32.8 Å². The Labute approximate surface area is 180 Å². The monoisotopic (exact) mass is 432 g/mol. The number of ether oxygens (including phenoxy) is 1. The number of amides is 2. The SMILES string of the molecule is O=C(CCCc1nc(-c2ccc(Cl)cc2)no1)N1CCN(C(=O)C2CCCO2)CC1. The van der Waals surface area contributed by atoms with Crippen LogP contribution in [-0.2, 0) is 20.7 Å². The van der Waals surface area contributed by atoms with E-state index in [9.17, 15) is 9.59 Å². The third-order valence-electron chi connectivity index (χ3n) is 5.50. The maximum absolute atomic E-state index is 12.5. The molecule has 9 heteroatoms. The predicted molar refractivity (Wildman–Crippen MR) is 110 cm³/mol. The van der Waals surface area contributed by atoms with Gasteiger partial charge in [-0.2, -0.15) is 4.98 Å². The molecule has 4 rings (SSSR count). The van der Waals surface area contributed by atoms with Gasteiger partial charge in [0.2, 0.25) is 17.6 Å². The van der Waals surface area contributed by atoms with Crippen molar-refractivity contribution in [3.05, 3.63) is 35.2 Å². The van der Waals surface area contributed by atoms with E-state index in [1.165, 1.54) is 0 Å². The zero-order chi connectivity index (χ0) is 20.9. The number of benzene rings is 1. The lowest BCUT2D eigenvalue weighted by Crippen LogP contribution is -2.52. The van der Waals surface area contributed by atoms with Crippen molar-refractivity contribution in [2.24, 2.45) is 0 Å². The Bertz CT molecular complexity index is 871. The summed E-state index contributed by atoms with van der Waals surface area (Å²) in [6, 6.07) is 7.23. The van der Waals surface area contributed by atoms with Gasteiger partial charge in [-0.25, -0.2) is 0 Å². The van der Waals surface area contributed by atoms with E-state index in [2.05, 4.69) is 10.1 Å². The summed E-state index contributed by atoms with van der Waals surface area (Å²) in [6.07, 6.45) is 3.04. The molecule has 2 aliphatic heterocycles. The lowest BCUT2D eigenvalue weighted by molar-refractivity contribution is -0.146. The van der Waals surface area contributed by atoms with E-state index in [4.69, 9.17) is 20.9 Å². The molecule has 1 atom stereocenters. The molecule has 2 saturated heterocycles. The van der Waals surface area contributed by atoms with Crippen LogP contribution in [0.1, 0.15) is 31.6 Å². The van der Waals surface area contributed by atoms with Crippen LogP contribution in [0.25, 0.3) is 11.4 Å². The summed E-state index contributed by atoms with van der Waals surface area (Å²) < 4.78 is 10.8. The van der Waals surface area contributed by atoms with Gasteiger partial charge in [0.15, 0.2) is 0 Å². The number of aromatic nitrogens is 2. The second-order valence-electron chi connectivity index (χ2n) is 7.58. The van der Waals surface area contributed by atoms with Crippen LogP contribution in [0.3, 0.4) is 0 Å². The van der Waals surface area contributed by atoms with E-state index in [0.29, 0.717) is 68.8 Å². The lowest BCUT2D eigenvalue weighted by Gasteiger charge is -2.35. The fourth-order valence-corrected chi connectivity index (χ4v) is 3.90. The molecular weight excluding hydrogens is 408 g/mol. The normalized spacial score (nSPS) is 19.3. The molecule has 2 aliphatic rings. The van der Waals surface area contributed by atoms with Crippen LogP contribution in [0, 0.1) is 0 Å². The molecule has 30 heavy (non-hydrogen) atoms. The van der Waals surface area contributed by atoms with Crippen molar-refractivity contribution in [1.82, 2.24) is 19.9 Å². The van der Waals surface area contributed by atoms with Crippen LogP contribution in [0.2, 0.25) is 5.02 Å². The van der Waals surface area contributed by atoms with E-state index >= 15 is 0 Å². The van der Waals surface area contributed by atoms with Crippen LogP contribution in [-0.4, -0.2) is 70.6 Å². The van der Waals surface area contributed by atoms with Crippen LogP contribution >= 0.6 is 11.6 Å². The first-order chi connectivity index (χ1) is 14.6. The van der Waals surface area contributed by atoms with Crippen molar-refractivity contribution in [3.8, 4) is 11.4 Å². The lowest BCUT2D eigenvalue weighted by atomic mass is 10.1. The molecule has 3 heterocycles. The van der Waals surface area contributed by atoms with Crippen LogP contribution in [0.5, 0.6) is 0 Å². The summed E-state index contributed by atoms with van der Waals surface area (Å²) in [5, 5.41) is 4.64. The first kappa shape index (κ1) is 20.8. The summed E-state index contributed by atoms with van der Waals surface area (Å²) in [6.45, 7) is 2.93. The maximum atomic E-state index is 12.5. The maximum Gasteiger partial charge on any atom is 0.251 e. The molecule has 2 aromatic rings. The predicted octanol–water partition coefficient (Wildman–Crippen LogP) is 2.56. The minimum Gasteiger partial charge on any atom is -0.368 e. The number of carbonyl (C=O) groups excluding carboxylic acids is 2. The highest BCUT2D eigenvalue weighted by molar-refractivity contribution is 6.30. The first-order valence-electron chi connectivity index (χ1n) is 10.4. The molecule has 1 unspecified atom stereocenters. The Morgan fingerprint density at radius 3 is 2.53 bits per heavy atom. The number of carbonyl (C=O) groups is 2. The molecule has 0 saturated carbocycles. The minimum atomic E-state index is -0.292. The average Bonchev–Trinajstić information content (AvgIpc) is 3.46. The smallest absolute Gasteiger partial charge is 0.251 e. The van der Waals surface area contributed by atoms with Crippen LogP contribution in [0.4, 0.5) is 0 Å². The number of rotatable bonds is 6. The minimum absolute atomic E-state index is 0.0625. The number of halogens is 1. The summed E-state index contributed by atoms with van der Waals surface area (Å²) in [5.74, 6) is 1.18. The molecule has 1 aromatic heterocycles. The number of hydrogen-bond acceptors (Lipinski definition) is 6.